The second-order valence-electron chi connectivity index (χ2n) is 8.49. The zero-order chi connectivity index (χ0) is 23.8. The minimum absolute atomic E-state index is 0.0681. The number of anilines is 2. The number of benzene rings is 2. The molecule has 1 spiro atoms. The largest absolute Gasteiger partial charge is 0.416 e. The number of carbonyl (C=O) groups is 2. The minimum Gasteiger partial charge on any atom is -0.324 e. The first-order valence-electron chi connectivity index (χ1n) is 10.6. The molecule has 2 aromatic carbocycles. The van der Waals surface area contributed by atoms with Crippen LogP contribution in [0, 0.1) is 11.6 Å². The summed E-state index contributed by atoms with van der Waals surface area (Å²) in [6.07, 6.45) is -0.504. The standard InChI is InChI=1S/C23H22F5N3O2/c24-16-10-17(25)12-18(11-16)29-20(32)13-31-21(33)30(14-22(31)8-2-1-3-9-22)19-6-4-15(5-7-19)23(26,27)28/h4-7,10-12H,1-3,8-9,13-14H2,(H,29,32). The monoisotopic (exact) mass is 467 g/mol. The fraction of sp³-hybridized carbons (Fsp3) is 0.391. The third-order valence-corrected chi connectivity index (χ3v) is 6.23. The van der Waals surface area contributed by atoms with Gasteiger partial charge in [0.2, 0.25) is 5.91 Å². The van der Waals surface area contributed by atoms with Crippen LogP contribution in [0.1, 0.15) is 37.7 Å². The van der Waals surface area contributed by atoms with Crippen molar-refractivity contribution in [1.82, 2.24) is 4.90 Å². The lowest BCUT2D eigenvalue weighted by Crippen LogP contribution is -2.51. The molecule has 33 heavy (non-hydrogen) atoms. The molecule has 0 bridgehead atoms. The van der Waals surface area contributed by atoms with Gasteiger partial charge in [0.25, 0.3) is 0 Å². The Bertz CT molecular complexity index is 1030. The summed E-state index contributed by atoms with van der Waals surface area (Å²) in [6.45, 7) is -0.0901. The molecule has 1 aliphatic carbocycles. The van der Waals surface area contributed by atoms with Crippen molar-refractivity contribution in [3.8, 4) is 0 Å². The van der Waals surface area contributed by atoms with E-state index in [0.29, 0.717) is 24.6 Å². The highest BCUT2D eigenvalue weighted by molar-refractivity contribution is 6.00. The van der Waals surface area contributed by atoms with E-state index in [1.807, 2.05) is 0 Å². The number of amides is 3. The van der Waals surface area contributed by atoms with Crippen molar-refractivity contribution in [1.29, 1.82) is 0 Å². The molecule has 1 N–H and O–H groups in total. The number of carbonyl (C=O) groups excluding carboxylic acids is 2. The SMILES string of the molecule is O=C(CN1C(=O)N(c2ccc(C(F)(F)F)cc2)CC12CCCCC2)Nc1cc(F)cc(F)c1. The van der Waals surface area contributed by atoms with E-state index in [1.54, 1.807) is 0 Å². The van der Waals surface area contributed by atoms with Crippen LogP contribution in [0.15, 0.2) is 42.5 Å². The van der Waals surface area contributed by atoms with E-state index in [4.69, 9.17) is 0 Å². The van der Waals surface area contributed by atoms with Gasteiger partial charge in [0, 0.05) is 17.4 Å². The van der Waals surface area contributed by atoms with Gasteiger partial charge < -0.3 is 10.2 Å². The number of hydrogen-bond donors (Lipinski definition) is 1. The van der Waals surface area contributed by atoms with Gasteiger partial charge in [-0.1, -0.05) is 19.3 Å². The zero-order valence-corrected chi connectivity index (χ0v) is 17.6. The molecular formula is C23H22F5N3O2. The van der Waals surface area contributed by atoms with Gasteiger partial charge in [0.15, 0.2) is 0 Å². The van der Waals surface area contributed by atoms with Gasteiger partial charge in [0.1, 0.15) is 18.2 Å². The Morgan fingerprint density at radius 3 is 2.15 bits per heavy atom. The predicted octanol–water partition coefficient (Wildman–Crippen LogP) is 5.57. The van der Waals surface area contributed by atoms with Gasteiger partial charge >= 0.3 is 12.2 Å². The Morgan fingerprint density at radius 1 is 0.970 bits per heavy atom. The third kappa shape index (κ3) is 4.79. The quantitative estimate of drug-likeness (QED) is 0.598. The molecule has 3 amide bonds. The smallest absolute Gasteiger partial charge is 0.324 e. The summed E-state index contributed by atoms with van der Waals surface area (Å²) in [7, 11) is 0. The van der Waals surface area contributed by atoms with Crippen LogP contribution in [0.3, 0.4) is 0 Å². The summed E-state index contributed by atoms with van der Waals surface area (Å²) < 4.78 is 65.6. The Hall–Kier alpha value is -3.17. The number of nitrogens with zero attached hydrogens (tertiary/aromatic N) is 2. The maximum Gasteiger partial charge on any atom is 0.416 e. The van der Waals surface area contributed by atoms with E-state index in [9.17, 15) is 31.5 Å². The number of halogens is 5. The van der Waals surface area contributed by atoms with E-state index in [-0.39, 0.29) is 18.8 Å². The molecule has 0 unspecified atom stereocenters. The van der Waals surface area contributed by atoms with Gasteiger partial charge in [-0.05, 0) is 49.2 Å². The molecule has 2 aliphatic rings. The van der Waals surface area contributed by atoms with Crippen molar-refractivity contribution < 1.29 is 31.5 Å². The van der Waals surface area contributed by atoms with E-state index in [0.717, 1.165) is 43.5 Å². The maximum atomic E-state index is 13.4. The van der Waals surface area contributed by atoms with Crippen LogP contribution >= 0.6 is 0 Å². The van der Waals surface area contributed by atoms with Crippen molar-refractivity contribution in [3.63, 3.8) is 0 Å². The van der Waals surface area contributed by atoms with Crippen molar-refractivity contribution in [3.05, 3.63) is 59.7 Å². The third-order valence-electron chi connectivity index (χ3n) is 6.23. The fourth-order valence-electron chi connectivity index (χ4n) is 4.67. The maximum absolute atomic E-state index is 13.4. The molecule has 10 heteroatoms. The molecule has 5 nitrogen and oxygen atoms in total. The first-order valence-corrected chi connectivity index (χ1v) is 10.6. The highest BCUT2D eigenvalue weighted by Gasteiger charge is 2.50. The first kappa shape index (κ1) is 23.0. The van der Waals surface area contributed by atoms with Gasteiger partial charge in [-0.25, -0.2) is 13.6 Å². The van der Waals surface area contributed by atoms with Crippen LogP contribution in [-0.4, -0.2) is 35.5 Å². The zero-order valence-electron chi connectivity index (χ0n) is 17.6. The number of hydrogen-bond acceptors (Lipinski definition) is 2. The van der Waals surface area contributed by atoms with Gasteiger partial charge in [-0.2, -0.15) is 13.2 Å². The Morgan fingerprint density at radius 2 is 1.58 bits per heavy atom. The Kier molecular flexibility index (Phi) is 6.02. The molecule has 1 saturated heterocycles. The van der Waals surface area contributed by atoms with Crippen molar-refractivity contribution in [2.75, 3.05) is 23.3 Å². The van der Waals surface area contributed by atoms with Gasteiger partial charge in [0.05, 0.1) is 17.6 Å². The van der Waals surface area contributed by atoms with Gasteiger partial charge in [-0.3, -0.25) is 9.69 Å². The topological polar surface area (TPSA) is 52.7 Å². The summed E-state index contributed by atoms with van der Waals surface area (Å²) in [6, 6.07) is 6.46. The molecule has 2 fully saturated rings. The first-order chi connectivity index (χ1) is 15.6. The summed E-state index contributed by atoms with van der Waals surface area (Å²) >= 11 is 0. The minimum atomic E-state index is -4.49. The fourth-order valence-corrected chi connectivity index (χ4v) is 4.67. The normalized spacial score (nSPS) is 18.2. The van der Waals surface area contributed by atoms with Crippen LogP contribution in [0.5, 0.6) is 0 Å². The van der Waals surface area contributed by atoms with E-state index >= 15 is 0 Å². The number of nitrogens with one attached hydrogen (secondary N) is 1. The van der Waals surface area contributed by atoms with E-state index in [1.165, 1.54) is 21.9 Å². The summed E-state index contributed by atoms with van der Waals surface area (Å²) in [5, 5.41) is 2.42. The summed E-state index contributed by atoms with van der Waals surface area (Å²) in [5.74, 6) is -2.31. The van der Waals surface area contributed by atoms with Crippen LogP contribution < -0.4 is 10.2 Å². The Balaban J connectivity index is 1.56. The summed E-state index contributed by atoms with van der Waals surface area (Å²) in [5.41, 5.74) is -1.21. The van der Waals surface area contributed by atoms with Gasteiger partial charge in [-0.15, -0.1) is 0 Å². The average molecular weight is 467 g/mol. The van der Waals surface area contributed by atoms with Crippen LogP contribution in [-0.2, 0) is 11.0 Å². The predicted molar refractivity (Wildman–Crippen MR) is 112 cm³/mol. The van der Waals surface area contributed by atoms with Crippen molar-refractivity contribution in [2.45, 2.75) is 43.8 Å². The number of alkyl halides is 3. The molecule has 0 aromatic heterocycles. The second-order valence-corrected chi connectivity index (χ2v) is 8.49. The Labute approximate surface area is 187 Å². The molecule has 176 valence electrons. The van der Waals surface area contributed by atoms with E-state index in [2.05, 4.69) is 5.32 Å². The molecule has 0 atom stereocenters. The second kappa shape index (κ2) is 8.64. The number of rotatable bonds is 4. The highest BCUT2D eigenvalue weighted by Crippen LogP contribution is 2.41. The van der Waals surface area contributed by atoms with Crippen LogP contribution in [0.25, 0.3) is 0 Å². The van der Waals surface area contributed by atoms with E-state index < -0.39 is 40.9 Å². The molecular weight excluding hydrogens is 445 g/mol. The molecule has 1 saturated carbocycles. The van der Waals surface area contributed by atoms with Crippen LogP contribution in [0.2, 0.25) is 0 Å². The average Bonchev–Trinajstić information content (AvgIpc) is 2.99. The summed E-state index contributed by atoms with van der Waals surface area (Å²) in [4.78, 5) is 28.8. The lowest BCUT2D eigenvalue weighted by atomic mass is 9.81. The lowest BCUT2D eigenvalue weighted by molar-refractivity contribution is -0.137. The highest BCUT2D eigenvalue weighted by atomic mass is 19.4. The molecule has 1 aliphatic heterocycles. The molecule has 0 radical (unpaired) electrons. The van der Waals surface area contributed by atoms with Crippen molar-refractivity contribution >= 4 is 23.3 Å². The van der Waals surface area contributed by atoms with Crippen LogP contribution in [0.4, 0.5) is 38.1 Å². The molecule has 4 rings (SSSR count). The molecule has 1 heterocycles. The van der Waals surface area contributed by atoms with Crippen molar-refractivity contribution in [2.24, 2.45) is 0 Å². The lowest BCUT2D eigenvalue weighted by Gasteiger charge is -2.39. The number of urea groups is 1. The molecule has 2 aromatic rings.